The highest BCUT2D eigenvalue weighted by atomic mass is 35.5. The van der Waals surface area contributed by atoms with Crippen LogP contribution in [0.1, 0.15) is 18.9 Å². The van der Waals surface area contributed by atoms with Crippen LogP contribution in [-0.2, 0) is 0 Å². The van der Waals surface area contributed by atoms with E-state index in [1.54, 1.807) is 0 Å². The predicted octanol–water partition coefficient (Wildman–Crippen LogP) is 4.00. The molecule has 15 heavy (non-hydrogen) atoms. The fourth-order valence-electron chi connectivity index (χ4n) is 1.14. The zero-order valence-corrected chi connectivity index (χ0v) is 10.4. The molecule has 0 aliphatic rings. The van der Waals surface area contributed by atoms with Crippen molar-refractivity contribution in [3.63, 3.8) is 0 Å². The molecule has 1 atom stereocenters. The summed E-state index contributed by atoms with van der Waals surface area (Å²) >= 11 is 11.7. The lowest BCUT2D eigenvalue weighted by Crippen LogP contribution is -2.19. The Balaban J connectivity index is 2.61. The van der Waals surface area contributed by atoms with Gasteiger partial charge in [0.1, 0.15) is 0 Å². The van der Waals surface area contributed by atoms with Crippen molar-refractivity contribution in [3.05, 3.63) is 39.9 Å². The zero-order chi connectivity index (χ0) is 11.3. The second-order valence-corrected chi connectivity index (χ2v) is 4.32. The number of halogens is 2. The second-order valence-electron chi connectivity index (χ2n) is 3.50. The summed E-state index contributed by atoms with van der Waals surface area (Å²) in [6.07, 6.45) is 5.17. The number of hydrogen-bond donors (Lipinski definition) is 1. The minimum Gasteiger partial charge on any atom is -0.317 e. The summed E-state index contributed by atoms with van der Waals surface area (Å²) in [7, 11) is 1.96. The van der Waals surface area contributed by atoms with Gasteiger partial charge in [0.15, 0.2) is 0 Å². The first-order valence-corrected chi connectivity index (χ1v) is 5.68. The van der Waals surface area contributed by atoms with E-state index < -0.39 is 0 Å². The first kappa shape index (κ1) is 12.6. The summed E-state index contributed by atoms with van der Waals surface area (Å²) in [6, 6.07) is 6.12. The Morgan fingerprint density at radius 3 is 2.67 bits per heavy atom. The largest absolute Gasteiger partial charge is 0.317 e. The van der Waals surface area contributed by atoms with Crippen LogP contribution in [0.3, 0.4) is 0 Å². The van der Waals surface area contributed by atoms with Crippen molar-refractivity contribution in [3.8, 4) is 0 Å². The number of nitrogens with one attached hydrogen (secondary N) is 1. The number of hydrogen-bond acceptors (Lipinski definition) is 1. The lowest BCUT2D eigenvalue weighted by Gasteiger charge is -2.05. The van der Waals surface area contributed by atoms with E-state index in [9.17, 15) is 0 Å². The van der Waals surface area contributed by atoms with Gasteiger partial charge in [-0.3, -0.25) is 0 Å². The number of benzene rings is 1. The lowest BCUT2D eigenvalue weighted by molar-refractivity contribution is 0.621. The van der Waals surface area contributed by atoms with Crippen molar-refractivity contribution in [2.24, 2.45) is 0 Å². The van der Waals surface area contributed by atoms with Gasteiger partial charge >= 0.3 is 0 Å². The molecule has 1 nitrogen and oxygen atoms in total. The molecule has 3 heteroatoms. The molecule has 0 fully saturated rings. The fraction of sp³-hybridized carbons (Fsp3) is 0.333. The molecule has 0 aliphatic heterocycles. The van der Waals surface area contributed by atoms with E-state index in [1.165, 1.54) is 0 Å². The molecule has 0 saturated heterocycles. The normalized spacial score (nSPS) is 13.3. The SMILES string of the molecule is CN[C@@H](C)CC=Cc1ccc(Cl)c(Cl)c1. The highest BCUT2D eigenvalue weighted by Gasteiger charge is 1.97. The van der Waals surface area contributed by atoms with Crippen LogP contribution in [0.4, 0.5) is 0 Å². The van der Waals surface area contributed by atoms with Crippen molar-refractivity contribution in [1.29, 1.82) is 0 Å². The zero-order valence-electron chi connectivity index (χ0n) is 8.93. The van der Waals surface area contributed by atoms with Gasteiger partial charge in [-0.05, 0) is 38.1 Å². The first-order chi connectivity index (χ1) is 7.13. The van der Waals surface area contributed by atoms with Crippen LogP contribution in [0.15, 0.2) is 24.3 Å². The van der Waals surface area contributed by atoms with Gasteiger partial charge < -0.3 is 5.32 Å². The van der Waals surface area contributed by atoms with Crippen molar-refractivity contribution in [1.82, 2.24) is 5.32 Å². The van der Waals surface area contributed by atoms with E-state index >= 15 is 0 Å². The third kappa shape index (κ3) is 4.25. The van der Waals surface area contributed by atoms with Crippen LogP contribution >= 0.6 is 23.2 Å². The van der Waals surface area contributed by atoms with Gasteiger partial charge in [-0.2, -0.15) is 0 Å². The van der Waals surface area contributed by atoms with Crippen LogP contribution in [0.5, 0.6) is 0 Å². The van der Waals surface area contributed by atoms with E-state index in [-0.39, 0.29) is 0 Å². The second kappa shape index (κ2) is 6.16. The molecule has 82 valence electrons. The molecule has 1 N–H and O–H groups in total. The van der Waals surface area contributed by atoms with E-state index in [0.717, 1.165) is 12.0 Å². The summed E-state index contributed by atoms with van der Waals surface area (Å²) < 4.78 is 0. The Morgan fingerprint density at radius 1 is 1.33 bits per heavy atom. The van der Waals surface area contributed by atoms with Crippen molar-refractivity contribution in [2.45, 2.75) is 19.4 Å². The Hall–Kier alpha value is -0.500. The molecule has 1 rings (SSSR count). The van der Waals surface area contributed by atoms with E-state index in [2.05, 4.69) is 24.4 Å². The van der Waals surface area contributed by atoms with Crippen molar-refractivity contribution < 1.29 is 0 Å². The van der Waals surface area contributed by atoms with Gasteiger partial charge in [0, 0.05) is 6.04 Å². The summed E-state index contributed by atoms with van der Waals surface area (Å²) in [4.78, 5) is 0. The summed E-state index contributed by atoms with van der Waals surface area (Å²) in [5.41, 5.74) is 1.08. The third-order valence-corrected chi connectivity index (χ3v) is 2.98. The molecular weight excluding hydrogens is 229 g/mol. The third-order valence-electron chi connectivity index (χ3n) is 2.24. The highest BCUT2D eigenvalue weighted by Crippen LogP contribution is 2.23. The molecule has 1 aromatic rings. The van der Waals surface area contributed by atoms with Crippen LogP contribution in [-0.4, -0.2) is 13.1 Å². The fourth-order valence-corrected chi connectivity index (χ4v) is 1.45. The van der Waals surface area contributed by atoms with Gasteiger partial charge in [0.2, 0.25) is 0 Å². The Labute approximate surface area is 101 Å². The molecular formula is C12H15Cl2N. The quantitative estimate of drug-likeness (QED) is 0.843. The van der Waals surface area contributed by atoms with Crippen LogP contribution < -0.4 is 5.32 Å². The topological polar surface area (TPSA) is 12.0 Å². The van der Waals surface area contributed by atoms with Gasteiger partial charge in [-0.1, -0.05) is 41.4 Å². The first-order valence-electron chi connectivity index (χ1n) is 4.92. The Bertz CT molecular complexity index is 347. The van der Waals surface area contributed by atoms with E-state index in [1.807, 2.05) is 25.2 Å². The van der Waals surface area contributed by atoms with E-state index in [4.69, 9.17) is 23.2 Å². The minimum absolute atomic E-state index is 0.490. The maximum Gasteiger partial charge on any atom is 0.0598 e. The smallest absolute Gasteiger partial charge is 0.0598 e. The van der Waals surface area contributed by atoms with Crippen LogP contribution in [0.25, 0.3) is 6.08 Å². The number of rotatable bonds is 4. The molecule has 0 saturated carbocycles. The van der Waals surface area contributed by atoms with E-state index in [0.29, 0.717) is 16.1 Å². The monoisotopic (exact) mass is 243 g/mol. The highest BCUT2D eigenvalue weighted by molar-refractivity contribution is 6.42. The maximum absolute atomic E-state index is 5.90. The summed E-state index contributed by atoms with van der Waals surface area (Å²) in [5, 5.41) is 4.37. The van der Waals surface area contributed by atoms with Crippen molar-refractivity contribution >= 4 is 29.3 Å². The standard InChI is InChI=1S/C12H15Cl2N/c1-9(15-2)4-3-5-10-6-7-11(13)12(14)8-10/h3,5-9,15H,4H2,1-2H3/t9-/m0/s1. The predicted molar refractivity (Wildman–Crippen MR) is 68.6 cm³/mol. The van der Waals surface area contributed by atoms with Gasteiger partial charge in [-0.15, -0.1) is 0 Å². The molecule has 0 unspecified atom stereocenters. The molecule has 0 amide bonds. The van der Waals surface area contributed by atoms with Gasteiger partial charge in [-0.25, -0.2) is 0 Å². The molecule has 0 heterocycles. The average Bonchev–Trinajstić information content (AvgIpc) is 2.23. The lowest BCUT2D eigenvalue weighted by atomic mass is 10.1. The minimum atomic E-state index is 0.490. The van der Waals surface area contributed by atoms with Crippen LogP contribution in [0, 0.1) is 0 Å². The van der Waals surface area contributed by atoms with Crippen LogP contribution in [0.2, 0.25) is 10.0 Å². The summed E-state index contributed by atoms with van der Waals surface area (Å²) in [5.74, 6) is 0. The molecule has 0 aliphatic carbocycles. The Morgan fingerprint density at radius 2 is 2.07 bits per heavy atom. The summed E-state index contributed by atoms with van der Waals surface area (Å²) in [6.45, 7) is 2.14. The molecule has 1 aromatic carbocycles. The molecule has 0 bridgehead atoms. The Kier molecular flexibility index (Phi) is 5.16. The molecule has 0 aromatic heterocycles. The maximum atomic E-state index is 5.90. The molecule has 0 radical (unpaired) electrons. The van der Waals surface area contributed by atoms with Gasteiger partial charge in [0.05, 0.1) is 10.0 Å². The molecule has 0 spiro atoms. The average molecular weight is 244 g/mol. The van der Waals surface area contributed by atoms with Gasteiger partial charge in [0.25, 0.3) is 0 Å². The van der Waals surface area contributed by atoms with Crippen molar-refractivity contribution in [2.75, 3.05) is 7.05 Å².